The van der Waals surface area contributed by atoms with Gasteiger partial charge >= 0.3 is 0 Å². The third-order valence-electron chi connectivity index (χ3n) is 1.79. The van der Waals surface area contributed by atoms with Crippen molar-refractivity contribution in [3.05, 3.63) is 33.7 Å². The van der Waals surface area contributed by atoms with E-state index in [4.69, 9.17) is 0 Å². The maximum absolute atomic E-state index is 11.1. The van der Waals surface area contributed by atoms with Crippen LogP contribution in [0, 0.1) is 6.92 Å². The standard InChI is InChI=1S/C10H15NO/c1-7-5-8(12)6-9(11-7)10(2,3)4/h5-6H,1-4H3,(H,11,12). The first kappa shape index (κ1) is 9.04. The monoisotopic (exact) mass is 165 g/mol. The van der Waals surface area contributed by atoms with Crippen LogP contribution in [0.1, 0.15) is 32.2 Å². The number of aromatic amines is 1. The first-order valence-electron chi connectivity index (χ1n) is 4.11. The Labute approximate surface area is 72.6 Å². The van der Waals surface area contributed by atoms with E-state index in [2.05, 4.69) is 25.8 Å². The largest absolute Gasteiger partial charge is 0.362 e. The molecule has 0 aromatic carbocycles. The molecule has 2 heteroatoms. The average Bonchev–Trinajstić information content (AvgIpc) is 1.82. The van der Waals surface area contributed by atoms with Crippen molar-refractivity contribution >= 4 is 0 Å². The number of H-pyrrole nitrogens is 1. The van der Waals surface area contributed by atoms with E-state index < -0.39 is 0 Å². The number of aromatic nitrogens is 1. The van der Waals surface area contributed by atoms with Gasteiger partial charge in [-0.1, -0.05) is 20.8 Å². The fourth-order valence-electron chi connectivity index (χ4n) is 1.09. The number of aryl methyl sites for hydroxylation is 1. The third kappa shape index (κ3) is 1.97. The Kier molecular flexibility index (Phi) is 2.09. The molecule has 0 bridgehead atoms. The topological polar surface area (TPSA) is 32.9 Å². The van der Waals surface area contributed by atoms with Crippen molar-refractivity contribution in [3.8, 4) is 0 Å². The molecule has 1 heterocycles. The Hall–Kier alpha value is -1.05. The van der Waals surface area contributed by atoms with Crippen LogP contribution < -0.4 is 5.43 Å². The molecule has 0 unspecified atom stereocenters. The fraction of sp³-hybridized carbons (Fsp3) is 0.500. The van der Waals surface area contributed by atoms with E-state index in [-0.39, 0.29) is 10.8 Å². The summed E-state index contributed by atoms with van der Waals surface area (Å²) in [6, 6.07) is 3.27. The van der Waals surface area contributed by atoms with Crippen LogP contribution in [0.5, 0.6) is 0 Å². The predicted octanol–water partition coefficient (Wildman–Crippen LogP) is 1.98. The van der Waals surface area contributed by atoms with E-state index in [1.165, 1.54) is 0 Å². The normalized spacial score (nSPS) is 11.7. The zero-order valence-electron chi connectivity index (χ0n) is 8.06. The summed E-state index contributed by atoms with van der Waals surface area (Å²) in [6.07, 6.45) is 0. The van der Waals surface area contributed by atoms with E-state index in [0.29, 0.717) is 0 Å². The Morgan fingerprint density at radius 2 is 1.83 bits per heavy atom. The molecular weight excluding hydrogens is 150 g/mol. The Morgan fingerprint density at radius 1 is 1.25 bits per heavy atom. The number of hydrogen-bond acceptors (Lipinski definition) is 1. The van der Waals surface area contributed by atoms with Crippen LogP contribution in [-0.4, -0.2) is 4.98 Å². The van der Waals surface area contributed by atoms with Crippen LogP contribution in [0.2, 0.25) is 0 Å². The molecule has 0 aliphatic rings. The minimum absolute atomic E-state index is 0.0190. The molecule has 0 atom stereocenters. The Bertz CT molecular complexity index is 330. The molecule has 0 radical (unpaired) electrons. The molecule has 1 aromatic rings. The second-order valence-electron chi connectivity index (χ2n) is 4.16. The highest BCUT2D eigenvalue weighted by Gasteiger charge is 2.14. The lowest BCUT2D eigenvalue weighted by Gasteiger charge is -2.18. The van der Waals surface area contributed by atoms with Crippen LogP contribution in [0.3, 0.4) is 0 Å². The molecular formula is C10H15NO. The van der Waals surface area contributed by atoms with Crippen molar-refractivity contribution in [2.24, 2.45) is 0 Å². The molecule has 12 heavy (non-hydrogen) atoms. The lowest BCUT2D eigenvalue weighted by Crippen LogP contribution is -2.17. The van der Waals surface area contributed by atoms with Gasteiger partial charge in [0, 0.05) is 28.9 Å². The number of rotatable bonds is 0. The van der Waals surface area contributed by atoms with Gasteiger partial charge in [0.25, 0.3) is 0 Å². The van der Waals surface area contributed by atoms with Gasteiger partial charge in [-0.25, -0.2) is 0 Å². The highest BCUT2D eigenvalue weighted by atomic mass is 16.1. The summed E-state index contributed by atoms with van der Waals surface area (Å²) in [7, 11) is 0. The molecule has 0 fully saturated rings. The van der Waals surface area contributed by atoms with Crippen molar-refractivity contribution in [2.45, 2.75) is 33.1 Å². The zero-order chi connectivity index (χ0) is 9.35. The van der Waals surface area contributed by atoms with E-state index in [9.17, 15) is 4.79 Å². The Balaban J connectivity index is 3.27. The first-order chi connectivity index (χ1) is 5.39. The van der Waals surface area contributed by atoms with Crippen LogP contribution in [0.15, 0.2) is 16.9 Å². The van der Waals surface area contributed by atoms with Crippen molar-refractivity contribution in [3.63, 3.8) is 0 Å². The van der Waals surface area contributed by atoms with Gasteiger partial charge in [0.15, 0.2) is 5.43 Å². The van der Waals surface area contributed by atoms with Crippen LogP contribution in [-0.2, 0) is 5.41 Å². The van der Waals surface area contributed by atoms with Gasteiger partial charge in [-0.05, 0) is 6.92 Å². The van der Waals surface area contributed by atoms with E-state index in [1.54, 1.807) is 12.1 Å². The molecule has 0 spiro atoms. The van der Waals surface area contributed by atoms with Crippen molar-refractivity contribution < 1.29 is 0 Å². The molecule has 1 aromatic heterocycles. The minimum Gasteiger partial charge on any atom is -0.362 e. The maximum Gasteiger partial charge on any atom is 0.182 e. The summed E-state index contributed by atoms with van der Waals surface area (Å²) in [6.45, 7) is 8.14. The minimum atomic E-state index is 0.0190. The lowest BCUT2D eigenvalue weighted by atomic mass is 9.91. The van der Waals surface area contributed by atoms with Gasteiger partial charge in [-0.3, -0.25) is 4.79 Å². The summed E-state index contributed by atoms with van der Waals surface area (Å²) in [4.78, 5) is 14.3. The molecule has 2 nitrogen and oxygen atoms in total. The van der Waals surface area contributed by atoms with Gasteiger partial charge in [-0.2, -0.15) is 0 Å². The van der Waals surface area contributed by atoms with Crippen molar-refractivity contribution in [1.29, 1.82) is 0 Å². The van der Waals surface area contributed by atoms with Gasteiger partial charge in [-0.15, -0.1) is 0 Å². The highest BCUT2D eigenvalue weighted by Crippen LogP contribution is 2.18. The number of hydrogen-bond donors (Lipinski definition) is 1. The van der Waals surface area contributed by atoms with E-state index in [1.807, 2.05) is 6.92 Å². The van der Waals surface area contributed by atoms with Gasteiger partial charge < -0.3 is 4.98 Å². The maximum atomic E-state index is 11.1. The predicted molar refractivity (Wildman–Crippen MR) is 50.5 cm³/mol. The SMILES string of the molecule is Cc1cc(=O)cc(C(C)(C)C)[nH]1. The average molecular weight is 165 g/mol. The number of nitrogens with one attached hydrogen (secondary N) is 1. The first-order valence-corrected chi connectivity index (χ1v) is 4.11. The van der Waals surface area contributed by atoms with Crippen molar-refractivity contribution in [2.75, 3.05) is 0 Å². The molecule has 66 valence electrons. The second-order valence-corrected chi connectivity index (χ2v) is 4.16. The highest BCUT2D eigenvalue weighted by molar-refractivity contribution is 5.16. The molecule has 0 aliphatic heterocycles. The Morgan fingerprint density at radius 3 is 2.25 bits per heavy atom. The molecule has 1 rings (SSSR count). The van der Waals surface area contributed by atoms with E-state index >= 15 is 0 Å². The summed E-state index contributed by atoms with van der Waals surface area (Å²) in [5.41, 5.74) is 2.02. The summed E-state index contributed by atoms with van der Waals surface area (Å²) < 4.78 is 0. The van der Waals surface area contributed by atoms with Gasteiger partial charge in [0.2, 0.25) is 0 Å². The van der Waals surface area contributed by atoms with Crippen LogP contribution in [0.4, 0.5) is 0 Å². The lowest BCUT2D eigenvalue weighted by molar-refractivity contribution is 0.566. The second kappa shape index (κ2) is 2.77. The fourth-order valence-corrected chi connectivity index (χ4v) is 1.09. The summed E-state index contributed by atoms with van der Waals surface area (Å²) >= 11 is 0. The van der Waals surface area contributed by atoms with Gasteiger partial charge in [0.05, 0.1) is 0 Å². The third-order valence-corrected chi connectivity index (χ3v) is 1.79. The molecule has 0 amide bonds. The molecule has 0 aliphatic carbocycles. The van der Waals surface area contributed by atoms with Crippen LogP contribution >= 0.6 is 0 Å². The zero-order valence-corrected chi connectivity index (χ0v) is 8.06. The molecule has 0 saturated carbocycles. The smallest absolute Gasteiger partial charge is 0.182 e. The summed E-state index contributed by atoms with van der Waals surface area (Å²) in [5.74, 6) is 0. The van der Waals surface area contributed by atoms with Gasteiger partial charge in [0.1, 0.15) is 0 Å². The number of pyridine rings is 1. The summed E-state index contributed by atoms with van der Waals surface area (Å²) in [5, 5.41) is 0. The molecule has 1 N–H and O–H groups in total. The van der Waals surface area contributed by atoms with Crippen molar-refractivity contribution in [1.82, 2.24) is 4.98 Å². The van der Waals surface area contributed by atoms with Crippen LogP contribution in [0.25, 0.3) is 0 Å². The quantitative estimate of drug-likeness (QED) is 0.626. The van der Waals surface area contributed by atoms with E-state index in [0.717, 1.165) is 11.4 Å². The molecule has 0 saturated heterocycles.